The van der Waals surface area contributed by atoms with Crippen molar-refractivity contribution in [3.63, 3.8) is 0 Å². The van der Waals surface area contributed by atoms with E-state index in [0.29, 0.717) is 19.6 Å². The minimum Gasteiger partial charge on any atom is -0.479 e. The highest BCUT2D eigenvalue weighted by atomic mass is 16.6. The number of hydrogen-bond acceptors (Lipinski definition) is 3. The minimum absolute atomic E-state index is 0.365. The molecule has 0 spiro atoms. The highest BCUT2D eigenvalue weighted by Crippen LogP contribution is 2.32. The molecule has 4 nitrogen and oxygen atoms in total. The summed E-state index contributed by atoms with van der Waals surface area (Å²) >= 11 is 0. The number of carbonyl (C=O) groups is 1. The summed E-state index contributed by atoms with van der Waals surface area (Å²) in [5.41, 5.74) is -0.868. The second kappa shape index (κ2) is 6.53. The van der Waals surface area contributed by atoms with Crippen LogP contribution in [0.5, 0.6) is 0 Å². The predicted octanol–water partition coefficient (Wildman–Crippen LogP) is 2.61. The Morgan fingerprint density at radius 1 is 1.28 bits per heavy atom. The van der Waals surface area contributed by atoms with E-state index < -0.39 is 11.6 Å². The molecule has 2 aliphatic rings. The Bertz CT molecular complexity index is 267. The van der Waals surface area contributed by atoms with Crippen molar-refractivity contribution in [2.75, 3.05) is 19.8 Å². The molecule has 1 saturated heterocycles. The van der Waals surface area contributed by atoms with E-state index in [1.165, 1.54) is 32.1 Å². The number of carboxylic acids is 1. The molecule has 1 heterocycles. The summed E-state index contributed by atoms with van der Waals surface area (Å²) in [6.07, 6.45) is 9.40. The van der Waals surface area contributed by atoms with Crippen LogP contribution in [0.25, 0.3) is 0 Å². The second-order valence-electron chi connectivity index (χ2n) is 5.60. The van der Waals surface area contributed by atoms with Crippen molar-refractivity contribution in [3.8, 4) is 0 Å². The largest absolute Gasteiger partial charge is 0.479 e. The summed E-state index contributed by atoms with van der Waals surface area (Å²) in [7, 11) is 0. The van der Waals surface area contributed by atoms with E-state index in [-0.39, 0.29) is 0 Å². The molecular weight excluding hydrogens is 232 g/mol. The Labute approximate surface area is 109 Å². The van der Waals surface area contributed by atoms with Gasteiger partial charge in [0, 0.05) is 13.2 Å². The fourth-order valence-corrected chi connectivity index (χ4v) is 2.80. The molecule has 0 amide bonds. The van der Waals surface area contributed by atoms with Gasteiger partial charge in [-0.3, -0.25) is 0 Å². The third-order valence-electron chi connectivity index (χ3n) is 4.13. The van der Waals surface area contributed by atoms with Crippen LogP contribution in [-0.2, 0) is 14.3 Å². The van der Waals surface area contributed by atoms with Gasteiger partial charge in [-0.1, -0.05) is 25.7 Å². The van der Waals surface area contributed by atoms with Gasteiger partial charge in [0.25, 0.3) is 0 Å². The number of rotatable bonds is 9. The fourth-order valence-electron chi connectivity index (χ4n) is 2.80. The molecule has 1 saturated carbocycles. The Hall–Kier alpha value is -0.610. The molecule has 0 radical (unpaired) electrons. The molecule has 0 bridgehead atoms. The van der Waals surface area contributed by atoms with Crippen LogP contribution in [0.15, 0.2) is 0 Å². The molecule has 0 aromatic heterocycles. The lowest BCUT2D eigenvalue weighted by Gasteiger charge is -2.09. The van der Waals surface area contributed by atoms with Gasteiger partial charge in [-0.2, -0.15) is 0 Å². The molecule has 104 valence electrons. The Kier molecular flexibility index (Phi) is 5.01. The van der Waals surface area contributed by atoms with Gasteiger partial charge < -0.3 is 14.6 Å². The van der Waals surface area contributed by atoms with Crippen molar-refractivity contribution in [3.05, 3.63) is 0 Å². The van der Waals surface area contributed by atoms with E-state index in [1.54, 1.807) is 0 Å². The summed E-state index contributed by atoms with van der Waals surface area (Å²) in [6.45, 7) is 1.84. The number of epoxide rings is 1. The van der Waals surface area contributed by atoms with Crippen molar-refractivity contribution in [1.82, 2.24) is 0 Å². The maximum atomic E-state index is 10.8. The van der Waals surface area contributed by atoms with Crippen LogP contribution in [0.1, 0.15) is 51.4 Å². The van der Waals surface area contributed by atoms with Gasteiger partial charge in [-0.25, -0.2) is 4.79 Å². The van der Waals surface area contributed by atoms with Crippen LogP contribution < -0.4 is 0 Å². The monoisotopic (exact) mass is 256 g/mol. The maximum Gasteiger partial charge on any atom is 0.338 e. The van der Waals surface area contributed by atoms with Crippen molar-refractivity contribution in [1.29, 1.82) is 0 Å². The van der Waals surface area contributed by atoms with Crippen molar-refractivity contribution in [2.45, 2.75) is 57.0 Å². The van der Waals surface area contributed by atoms with Gasteiger partial charge in [0.15, 0.2) is 5.60 Å². The number of carboxylic acid groups (broad SMARTS) is 1. The maximum absolute atomic E-state index is 10.8. The van der Waals surface area contributed by atoms with E-state index in [1.807, 2.05) is 0 Å². The molecular formula is C14H24O4. The van der Waals surface area contributed by atoms with Crippen LogP contribution in [-0.4, -0.2) is 36.5 Å². The fraction of sp³-hybridized carbons (Fsp3) is 0.929. The van der Waals surface area contributed by atoms with Gasteiger partial charge >= 0.3 is 5.97 Å². The zero-order valence-corrected chi connectivity index (χ0v) is 11.0. The third-order valence-corrected chi connectivity index (χ3v) is 4.13. The average molecular weight is 256 g/mol. The van der Waals surface area contributed by atoms with E-state index in [4.69, 9.17) is 14.6 Å². The lowest BCUT2D eigenvalue weighted by molar-refractivity contribution is -0.143. The quantitative estimate of drug-likeness (QED) is 0.509. The molecule has 0 aromatic rings. The third kappa shape index (κ3) is 3.95. The summed E-state index contributed by atoms with van der Waals surface area (Å²) in [4.78, 5) is 10.8. The van der Waals surface area contributed by atoms with E-state index in [9.17, 15) is 4.79 Å². The highest BCUT2D eigenvalue weighted by molar-refractivity contribution is 5.80. The van der Waals surface area contributed by atoms with Crippen LogP contribution in [0.4, 0.5) is 0 Å². The molecule has 1 atom stereocenters. The van der Waals surface area contributed by atoms with Crippen LogP contribution in [0.2, 0.25) is 0 Å². The normalized spacial score (nSPS) is 27.6. The SMILES string of the molecule is O=C(O)C1(CCCOCCCC2CCCC2)CO1. The van der Waals surface area contributed by atoms with E-state index >= 15 is 0 Å². The molecule has 2 rings (SSSR count). The standard InChI is InChI=1S/C14H24O4/c15-13(16)14(11-18-14)8-4-10-17-9-3-7-12-5-1-2-6-12/h12H,1-11H2,(H,15,16). The van der Waals surface area contributed by atoms with Gasteiger partial charge in [-0.15, -0.1) is 0 Å². The van der Waals surface area contributed by atoms with Crippen LogP contribution in [0, 0.1) is 5.92 Å². The van der Waals surface area contributed by atoms with Crippen molar-refractivity contribution < 1.29 is 19.4 Å². The summed E-state index contributed by atoms with van der Waals surface area (Å²) in [5, 5.41) is 8.90. The van der Waals surface area contributed by atoms with Gasteiger partial charge in [0.1, 0.15) is 0 Å². The molecule has 18 heavy (non-hydrogen) atoms. The average Bonchev–Trinajstić information content (AvgIpc) is 2.97. The molecule has 1 N–H and O–H groups in total. The lowest BCUT2D eigenvalue weighted by atomic mass is 10.0. The van der Waals surface area contributed by atoms with Crippen molar-refractivity contribution >= 4 is 5.97 Å². The Morgan fingerprint density at radius 3 is 2.56 bits per heavy atom. The zero-order valence-electron chi connectivity index (χ0n) is 11.0. The molecule has 1 aliphatic carbocycles. The summed E-state index contributed by atoms with van der Waals surface area (Å²) in [6, 6.07) is 0. The Balaban J connectivity index is 1.41. The predicted molar refractivity (Wildman–Crippen MR) is 67.6 cm³/mol. The first-order chi connectivity index (χ1) is 8.73. The van der Waals surface area contributed by atoms with Crippen LogP contribution >= 0.6 is 0 Å². The number of hydrogen-bond donors (Lipinski definition) is 1. The minimum atomic E-state index is -0.868. The molecule has 0 aromatic carbocycles. The molecule has 2 fully saturated rings. The smallest absolute Gasteiger partial charge is 0.338 e. The van der Waals surface area contributed by atoms with Gasteiger partial charge in [0.05, 0.1) is 6.61 Å². The second-order valence-corrected chi connectivity index (χ2v) is 5.60. The van der Waals surface area contributed by atoms with E-state index in [0.717, 1.165) is 25.4 Å². The number of aliphatic carboxylic acids is 1. The first kappa shape index (κ1) is 13.8. The summed E-state index contributed by atoms with van der Waals surface area (Å²) in [5.74, 6) is 0.104. The molecule has 4 heteroatoms. The van der Waals surface area contributed by atoms with E-state index in [2.05, 4.69) is 0 Å². The Morgan fingerprint density at radius 2 is 1.94 bits per heavy atom. The molecule has 1 unspecified atom stereocenters. The topological polar surface area (TPSA) is 59.1 Å². The highest BCUT2D eigenvalue weighted by Gasteiger charge is 2.51. The first-order valence-electron chi connectivity index (χ1n) is 7.18. The van der Waals surface area contributed by atoms with Gasteiger partial charge in [-0.05, 0) is 31.6 Å². The van der Waals surface area contributed by atoms with Gasteiger partial charge in [0.2, 0.25) is 0 Å². The number of ether oxygens (including phenoxy) is 2. The first-order valence-corrected chi connectivity index (χ1v) is 7.18. The zero-order chi connectivity index (χ0) is 12.8. The lowest BCUT2D eigenvalue weighted by Crippen LogP contribution is -2.24. The molecule has 1 aliphatic heterocycles. The van der Waals surface area contributed by atoms with Crippen molar-refractivity contribution in [2.24, 2.45) is 5.92 Å². The van der Waals surface area contributed by atoms with Crippen LogP contribution in [0.3, 0.4) is 0 Å². The summed E-state index contributed by atoms with van der Waals surface area (Å²) < 4.78 is 10.5.